The van der Waals surface area contributed by atoms with E-state index in [1.807, 2.05) is 0 Å². The molecule has 3 aromatic rings. The zero-order valence-corrected chi connectivity index (χ0v) is 19.2. The number of nitrogens with one attached hydrogen (secondary N) is 2. The summed E-state index contributed by atoms with van der Waals surface area (Å²) in [5.41, 5.74) is 0.268. The number of anilines is 1. The number of nitrogens with zero attached hydrogens (tertiary/aromatic N) is 1. The maximum atomic E-state index is 12.9. The van der Waals surface area contributed by atoms with Gasteiger partial charge in [-0.15, -0.1) is 0 Å². The van der Waals surface area contributed by atoms with E-state index in [4.69, 9.17) is 9.47 Å². The van der Waals surface area contributed by atoms with Gasteiger partial charge in [0.15, 0.2) is 0 Å². The van der Waals surface area contributed by atoms with Crippen LogP contribution in [0.3, 0.4) is 0 Å². The van der Waals surface area contributed by atoms with Crippen molar-refractivity contribution in [1.82, 2.24) is 9.29 Å². The van der Waals surface area contributed by atoms with E-state index >= 15 is 0 Å². The van der Waals surface area contributed by atoms with Crippen LogP contribution in [0.25, 0.3) is 10.9 Å². The summed E-state index contributed by atoms with van der Waals surface area (Å²) in [6.45, 7) is 2.90. The van der Waals surface area contributed by atoms with Crippen molar-refractivity contribution in [2.45, 2.75) is 11.8 Å². The van der Waals surface area contributed by atoms with Gasteiger partial charge in [0, 0.05) is 41.4 Å². The van der Waals surface area contributed by atoms with E-state index < -0.39 is 27.3 Å². The summed E-state index contributed by atoms with van der Waals surface area (Å²) in [5.74, 6) is -1.28. The van der Waals surface area contributed by atoms with Crippen LogP contribution in [0.15, 0.2) is 58.4 Å². The molecular formula is C23H23N3O7S. The Morgan fingerprint density at radius 2 is 1.91 bits per heavy atom. The molecule has 34 heavy (non-hydrogen) atoms. The lowest BCUT2D eigenvalue weighted by atomic mass is 10.1. The number of carbonyl (C=O) groups excluding carboxylic acids is 2. The van der Waals surface area contributed by atoms with Crippen molar-refractivity contribution in [1.29, 1.82) is 0 Å². The number of rotatable bonds is 6. The first-order valence-electron chi connectivity index (χ1n) is 10.6. The Labute approximate surface area is 195 Å². The number of pyridine rings is 1. The SMILES string of the molecule is CCOC(=O)c1c[nH]c2ccc(NC(=O)c3cccc(S(=O)(=O)N4CCOCC4)c3)cc2c1=O. The van der Waals surface area contributed by atoms with E-state index in [9.17, 15) is 22.8 Å². The second-order valence-electron chi connectivity index (χ2n) is 7.51. The lowest BCUT2D eigenvalue weighted by Gasteiger charge is -2.26. The molecule has 0 atom stereocenters. The van der Waals surface area contributed by atoms with Crippen LogP contribution >= 0.6 is 0 Å². The molecule has 0 radical (unpaired) electrons. The van der Waals surface area contributed by atoms with Gasteiger partial charge in [-0.3, -0.25) is 9.59 Å². The van der Waals surface area contributed by atoms with Gasteiger partial charge < -0.3 is 19.8 Å². The minimum Gasteiger partial charge on any atom is -0.462 e. The number of aromatic nitrogens is 1. The summed E-state index contributed by atoms with van der Waals surface area (Å²) in [5, 5.41) is 2.87. The molecule has 0 saturated carbocycles. The van der Waals surface area contributed by atoms with Crippen LogP contribution in [0.2, 0.25) is 0 Å². The number of amides is 1. The average Bonchev–Trinajstić information content (AvgIpc) is 2.85. The molecule has 1 saturated heterocycles. The minimum atomic E-state index is -3.76. The molecule has 0 spiro atoms. The maximum Gasteiger partial charge on any atom is 0.343 e. The molecule has 1 fully saturated rings. The highest BCUT2D eigenvalue weighted by Gasteiger charge is 2.27. The summed E-state index contributed by atoms with van der Waals surface area (Å²) < 4.78 is 37.2. The van der Waals surface area contributed by atoms with E-state index in [2.05, 4.69) is 10.3 Å². The normalized spacial score (nSPS) is 14.6. The number of aromatic amines is 1. The van der Waals surface area contributed by atoms with Crippen molar-refractivity contribution in [2.24, 2.45) is 0 Å². The van der Waals surface area contributed by atoms with E-state index in [0.717, 1.165) is 0 Å². The number of hydrogen-bond donors (Lipinski definition) is 2. The quantitative estimate of drug-likeness (QED) is 0.510. The zero-order chi connectivity index (χ0) is 24.3. The molecule has 2 N–H and O–H groups in total. The molecule has 1 aliphatic heterocycles. The Morgan fingerprint density at radius 3 is 2.65 bits per heavy atom. The third-order valence-corrected chi connectivity index (χ3v) is 7.23. The van der Waals surface area contributed by atoms with Crippen molar-refractivity contribution in [3.8, 4) is 0 Å². The summed E-state index contributed by atoms with van der Waals surface area (Å²) in [7, 11) is -3.76. The Kier molecular flexibility index (Phi) is 6.77. The van der Waals surface area contributed by atoms with Crippen LogP contribution in [0.4, 0.5) is 5.69 Å². The number of fused-ring (bicyclic) bond motifs is 1. The van der Waals surface area contributed by atoms with Crippen LogP contribution in [-0.4, -0.2) is 62.5 Å². The highest BCUT2D eigenvalue weighted by molar-refractivity contribution is 7.89. The molecule has 10 nitrogen and oxygen atoms in total. The first-order chi connectivity index (χ1) is 16.3. The molecule has 1 aliphatic rings. The molecule has 178 valence electrons. The fraction of sp³-hybridized carbons (Fsp3) is 0.261. The Balaban J connectivity index is 1.59. The standard InChI is InChI=1S/C23H23N3O7S/c1-2-33-23(29)19-14-24-20-7-6-16(13-18(20)21(19)27)25-22(28)15-4-3-5-17(12-15)34(30,31)26-8-10-32-11-9-26/h3-7,12-14H,2,8-11H2,1H3,(H,24,27)(H,25,28). The van der Waals surface area contributed by atoms with Gasteiger partial charge in [0.25, 0.3) is 5.91 Å². The van der Waals surface area contributed by atoms with Crippen LogP contribution < -0.4 is 10.7 Å². The molecule has 4 rings (SSSR count). The van der Waals surface area contributed by atoms with Crippen LogP contribution in [0.5, 0.6) is 0 Å². The molecule has 1 amide bonds. The third-order valence-electron chi connectivity index (χ3n) is 5.34. The number of ether oxygens (including phenoxy) is 2. The number of hydrogen-bond acceptors (Lipinski definition) is 7. The van der Waals surface area contributed by atoms with Crippen molar-refractivity contribution in [2.75, 3.05) is 38.2 Å². The predicted molar refractivity (Wildman–Crippen MR) is 124 cm³/mol. The topological polar surface area (TPSA) is 135 Å². The van der Waals surface area contributed by atoms with Gasteiger partial charge in [0.1, 0.15) is 5.56 Å². The molecule has 0 unspecified atom stereocenters. The van der Waals surface area contributed by atoms with Crippen LogP contribution in [0, 0.1) is 0 Å². The molecule has 2 heterocycles. The fourth-order valence-electron chi connectivity index (χ4n) is 3.59. The minimum absolute atomic E-state index is 0.0103. The van der Waals surface area contributed by atoms with Gasteiger partial charge >= 0.3 is 5.97 Å². The predicted octanol–water partition coefficient (Wildman–Crippen LogP) is 1.98. The molecule has 11 heteroatoms. The molecular weight excluding hydrogens is 462 g/mol. The lowest BCUT2D eigenvalue weighted by molar-refractivity contribution is 0.0524. The smallest absolute Gasteiger partial charge is 0.343 e. The van der Waals surface area contributed by atoms with E-state index in [0.29, 0.717) is 24.4 Å². The lowest BCUT2D eigenvalue weighted by Crippen LogP contribution is -2.40. The second-order valence-corrected chi connectivity index (χ2v) is 9.45. The van der Waals surface area contributed by atoms with Gasteiger partial charge in [-0.25, -0.2) is 13.2 Å². The highest BCUT2D eigenvalue weighted by atomic mass is 32.2. The first kappa shape index (κ1) is 23.6. The largest absolute Gasteiger partial charge is 0.462 e. The summed E-state index contributed by atoms with van der Waals surface area (Å²) in [6.07, 6.45) is 1.29. The van der Waals surface area contributed by atoms with Crippen LogP contribution in [-0.2, 0) is 19.5 Å². The van der Waals surface area contributed by atoms with Crippen molar-refractivity contribution in [3.05, 3.63) is 70.0 Å². The molecule has 1 aromatic heterocycles. The first-order valence-corrected chi connectivity index (χ1v) is 12.1. The number of sulfonamides is 1. The van der Waals surface area contributed by atoms with E-state index in [1.54, 1.807) is 19.1 Å². The monoisotopic (exact) mass is 485 g/mol. The third kappa shape index (κ3) is 4.72. The molecule has 0 aliphatic carbocycles. The van der Waals surface area contributed by atoms with Crippen molar-refractivity contribution in [3.63, 3.8) is 0 Å². The molecule has 0 bridgehead atoms. The molecule has 2 aromatic carbocycles. The number of H-pyrrole nitrogens is 1. The second kappa shape index (κ2) is 9.75. The number of carbonyl (C=O) groups is 2. The Hall–Kier alpha value is -3.54. The van der Waals surface area contributed by atoms with Crippen molar-refractivity contribution >= 4 is 38.5 Å². The van der Waals surface area contributed by atoms with Gasteiger partial charge in [-0.1, -0.05) is 6.07 Å². The highest BCUT2D eigenvalue weighted by Crippen LogP contribution is 2.20. The van der Waals surface area contributed by atoms with Gasteiger partial charge in [-0.05, 0) is 43.3 Å². The summed E-state index contributed by atoms with van der Waals surface area (Å²) in [4.78, 5) is 40.5. The number of morpholine rings is 1. The Bertz CT molecular complexity index is 1410. The summed E-state index contributed by atoms with van der Waals surface area (Å²) in [6, 6.07) is 10.4. The average molecular weight is 486 g/mol. The zero-order valence-electron chi connectivity index (χ0n) is 18.4. The van der Waals surface area contributed by atoms with Gasteiger partial charge in [-0.2, -0.15) is 4.31 Å². The van der Waals surface area contributed by atoms with E-state index in [1.165, 1.54) is 40.8 Å². The van der Waals surface area contributed by atoms with Gasteiger partial charge in [0.05, 0.1) is 24.7 Å². The fourth-order valence-corrected chi connectivity index (χ4v) is 5.05. The summed E-state index contributed by atoms with van der Waals surface area (Å²) >= 11 is 0. The Morgan fingerprint density at radius 1 is 1.15 bits per heavy atom. The maximum absolute atomic E-state index is 12.9. The van der Waals surface area contributed by atoms with Gasteiger partial charge in [0.2, 0.25) is 15.5 Å². The number of esters is 1. The van der Waals surface area contributed by atoms with E-state index in [-0.39, 0.29) is 41.1 Å². The number of benzene rings is 2. The van der Waals surface area contributed by atoms with Crippen LogP contribution in [0.1, 0.15) is 27.6 Å². The van der Waals surface area contributed by atoms with Crippen molar-refractivity contribution < 1.29 is 27.5 Å².